The number of benzene rings is 3. The minimum atomic E-state index is -1.10. The summed E-state index contributed by atoms with van der Waals surface area (Å²) in [6.07, 6.45) is 1.49. The molecule has 0 saturated carbocycles. The number of carboxylic acids is 1. The van der Waals surface area contributed by atoms with Crippen LogP contribution in [0.1, 0.15) is 12.5 Å². The average molecular weight is 416 g/mol. The molecule has 3 rings (SSSR count). The fraction of sp³-hybridized carbons (Fsp3) is 0.120. The van der Waals surface area contributed by atoms with Crippen molar-refractivity contribution in [3.05, 3.63) is 90.2 Å². The number of hydrogen-bond acceptors (Lipinski definition) is 3. The predicted octanol–water partition coefficient (Wildman–Crippen LogP) is 5.48. The summed E-state index contributed by atoms with van der Waals surface area (Å²) in [6, 6.07) is 24.2. The van der Waals surface area contributed by atoms with Gasteiger partial charge in [0, 0.05) is 18.4 Å². The molecule has 158 valence electrons. The van der Waals surface area contributed by atoms with Crippen molar-refractivity contribution in [2.75, 3.05) is 23.9 Å². The topological polar surface area (TPSA) is 78.9 Å². The van der Waals surface area contributed by atoms with Gasteiger partial charge in [0.25, 0.3) is 0 Å². The highest BCUT2D eigenvalue weighted by atomic mass is 16.5. The Morgan fingerprint density at radius 3 is 2.32 bits per heavy atom. The van der Waals surface area contributed by atoms with E-state index in [2.05, 4.69) is 5.32 Å². The quantitative estimate of drug-likeness (QED) is 0.395. The molecule has 6 heteroatoms. The van der Waals surface area contributed by atoms with Crippen molar-refractivity contribution in [2.45, 2.75) is 6.92 Å². The maximum absolute atomic E-state index is 12.6. The fourth-order valence-electron chi connectivity index (χ4n) is 2.98. The second-order valence-corrected chi connectivity index (χ2v) is 6.77. The Balaban J connectivity index is 1.77. The number of ether oxygens (including phenoxy) is 1. The lowest BCUT2D eigenvalue weighted by Gasteiger charge is -2.19. The number of carboxylic acid groups (broad SMARTS) is 1. The number of amides is 2. The maximum atomic E-state index is 12.6. The third-order valence-electron chi connectivity index (χ3n) is 4.62. The number of hydrogen-bond donors (Lipinski definition) is 2. The van der Waals surface area contributed by atoms with Crippen LogP contribution in [-0.2, 0) is 9.53 Å². The first kappa shape index (κ1) is 21.6. The molecule has 0 aliphatic carbocycles. The van der Waals surface area contributed by atoms with E-state index in [1.54, 1.807) is 18.9 Å². The van der Waals surface area contributed by atoms with Gasteiger partial charge in [-0.05, 0) is 54.0 Å². The molecule has 2 amide bonds. The molecule has 0 radical (unpaired) electrons. The van der Waals surface area contributed by atoms with Crippen LogP contribution in [0.4, 0.5) is 16.2 Å². The second kappa shape index (κ2) is 10.1. The molecule has 31 heavy (non-hydrogen) atoms. The van der Waals surface area contributed by atoms with Crippen molar-refractivity contribution in [3.8, 4) is 11.1 Å². The molecule has 3 aromatic rings. The lowest BCUT2D eigenvalue weighted by molar-refractivity contribution is -0.136. The first-order valence-electron chi connectivity index (χ1n) is 9.86. The number of nitrogens with zero attached hydrogens (tertiary/aromatic N) is 1. The Bertz CT molecular complexity index is 1080. The smallest absolute Gasteiger partial charge is 0.371 e. The average Bonchev–Trinajstić information content (AvgIpc) is 2.79. The summed E-state index contributed by atoms with van der Waals surface area (Å²) < 4.78 is 5.15. The Hall–Kier alpha value is -4.06. The van der Waals surface area contributed by atoms with Crippen molar-refractivity contribution in [1.29, 1.82) is 0 Å². The molecule has 3 aromatic carbocycles. The van der Waals surface area contributed by atoms with Gasteiger partial charge in [0.1, 0.15) is 0 Å². The van der Waals surface area contributed by atoms with E-state index in [1.165, 1.54) is 6.08 Å². The molecule has 6 nitrogen and oxygen atoms in total. The van der Waals surface area contributed by atoms with Gasteiger partial charge in [-0.15, -0.1) is 0 Å². The summed E-state index contributed by atoms with van der Waals surface area (Å²) in [5.74, 6) is -1.20. The van der Waals surface area contributed by atoms with Gasteiger partial charge in [0.15, 0.2) is 0 Å². The van der Waals surface area contributed by atoms with Crippen LogP contribution in [-0.4, -0.2) is 30.8 Å². The van der Waals surface area contributed by atoms with Crippen LogP contribution in [0.25, 0.3) is 17.2 Å². The molecule has 0 atom stereocenters. The minimum absolute atomic E-state index is 0.0942. The first-order valence-corrected chi connectivity index (χ1v) is 9.86. The molecule has 0 unspecified atom stereocenters. The van der Waals surface area contributed by atoms with Crippen molar-refractivity contribution >= 4 is 29.5 Å². The van der Waals surface area contributed by atoms with Crippen LogP contribution >= 0.6 is 0 Å². The summed E-state index contributed by atoms with van der Waals surface area (Å²) in [5.41, 5.74) is 4.09. The highest BCUT2D eigenvalue weighted by molar-refractivity contribution is 6.01. The van der Waals surface area contributed by atoms with E-state index in [0.717, 1.165) is 28.1 Å². The summed E-state index contributed by atoms with van der Waals surface area (Å²) >= 11 is 0. The van der Waals surface area contributed by atoms with Gasteiger partial charge in [-0.2, -0.15) is 0 Å². The van der Waals surface area contributed by atoms with Crippen molar-refractivity contribution in [3.63, 3.8) is 0 Å². The van der Waals surface area contributed by atoms with Gasteiger partial charge < -0.3 is 15.2 Å². The number of aliphatic carboxylic acids is 1. The summed E-state index contributed by atoms with van der Waals surface area (Å²) in [6.45, 7) is 2.03. The fourth-order valence-corrected chi connectivity index (χ4v) is 2.98. The number of carbonyl (C=O) groups is 2. The zero-order valence-electron chi connectivity index (χ0n) is 17.4. The number of carbonyl (C=O) groups excluding carboxylic acids is 1. The summed E-state index contributed by atoms with van der Waals surface area (Å²) in [5, 5.41) is 12.1. The molecule has 0 bridgehead atoms. The number of nitrogens with one attached hydrogen (secondary N) is 1. The van der Waals surface area contributed by atoms with Gasteiger partial charge in [0.05, 0.1) is 6.61 Å². The number of para-hydroxylation sites is 1. The highest BCUT2D eigenvalue weighted by Crippen LogP contribution is 2.25. The third kappa shape index (κ3) is 5.73. The standard InChI is InChI=1S/C25H24N2O4/c1-3-31-23(24(28)29)16-18-12-14-19(15-13-18)20-8-7-11-22(17-20)27(2)25(30)26-21-9-5-4-6-10-21/h4-17H,3H2,1-2H3,(H,26,30)(H,28,29). The van der Waals surface area contributed by atoms with Crippen molar-refractivity contribution in [1.82, 2.24) is 0 Å². The van der Waals surface area contributed by atoms with Gasteiger partial charge in [0.2, 0.25) is 5.76 Å². The third-order valence-corrected chi connectivity index (χ3v) is 4.62. The van der Waals surface area contributed by atoms with Crippen LogP contribution in [0.2, 0.25) is 0 Å². The van der Waals surface area contributed by atoms with Crippen LogP contribution in [0, 0.1) is 0 Å². The summed E-state index contributed by atoms with van der Waals surface area (Å²) in [7, 11) is 1.71. The van der Waals surface area contributed by atoms with Crippen LogP contribution in [0.15, 0.2) is 84.6 Å². The van der Waals surface area contributed by atoms with Gasteiger partial charge in [-0.3, -0.25) is 4.90 Å². The minimum Gasteiger partial charge on any atom is -0.487 e. The Morgan fingerprint density at radius 2 is 1.68 bits per heavy atom. The van der Waals surface area contributed by atoms with Crippen molar-refractivity contribution in [2.24, 2.45) is 0 Å². The number of anilines is 2. The zero-order chi connectivity index (χ0) is 22.2. The van der Waals surface area contributed by atoms with E-state index in [4.69, 9.17) is 4.74 Å². The zero-order valence-corrected chi connectivity index (χ0v) is 17.4. The molecular weight excluding hydrogens is 392 g/mol. The lowest BCUT2D eigenvalue weighted by atomic mass is 10.0. The van der Waals surface area contributed by atoms with Crippen LogP contribution in [0.3, 0.4) is 0 Å². The molecule has 0 aliphatic rings. The molecule has 0 aliphatic heterocycles. The van der Waals surface area contributed by atoms with E-state index in [0.29, 0.717) is 0 Å². The van der Waals surface area contributed by atoms with E-state index in [9.17, 15) is 14.7 Å². The molecule has 0 spiro atoms. The summed E-state index contributed by atoms with van der Waals surface area (Å²) in [4.78, 5) is 25.3. The Labute approximate surface area is 181 Å². The van der Waals surface area contributed by atoms with Gasteiger partial charge in [-0.25, -0.2) is 9.59 Å². The van der Waals surface area contributed by atoms with Crippen LogP contribution < -0.4 is 10.2 Å². The van der Waals surface area contributed by atoms with E-state index >= 15 is 0 Å². The molecule has 0 saturated heterocycles. The van der Waals surface area contributed by atoms with E-state index < -0.39 is 5.97 Å². The van der Waals surface area contributed by atoms with E-state index in [-0.39, 0.29) is 18.4 Å². The predicted molar refractivity (Wildman–Crippen MR) is 123 cm³/mol. The van der Waals surface area contributed by atoms with Gasteiger partial charge in [-0.1, -0.05) is 54.6 Å². The van der Waals surface area contributed by atoms with Crippen molar-refractivity contribution < 1.29 is 19.4 Å². The highest BCUT2D eigenvalue weighted by Gasteiger charge is 2.12. The number of urea groups is 1. The largest absolute Gasteiger partial charge is 0.487 e. The van der Waals surface area contributed by atoms with E-state index in [1.807, 2.05) is 78.9 Å². The normalized spacial score (nSPS) is 11.0. The Morgan fingerprint density at radius 1 is 0.968 bits per heavy atom. The Kier molecular flexibility index (Phi) is 7.06. The molecule has 2 N–H and O–H groups in total. The van der Waals surface area contributed by atoms with Gasteiger partial charge >= 0.3 is 12.0 Å². The first-order chi connectivity index (χ1) is 15.0. The monoisotopic (exact) mass is 416 g/mol. The lowest BCUT2D eigenvalue weighted by Crippen LogP contribution is -2.31. The maximum Gasteiger partial charge on any atom is 0.371 e. The molecule has 0 aromatic heterocycles. The van der Waals surface area contributed by atoms with Crippen LogP contribution in [0.5, 0.6) is 0 Å². The molecule has 0 heterocycles. The number of rotatable bonds is 7. The second-order valence-electron chi connectivity index (χ2n) is 6.77. The molecular formula is C25H24N2O4. The SMILES string of the molecule is CCOC(=Cc1ccc(-c2cccc(N(C)C(=O)Nc3ccccc3)c2)cc1)C(=O)O. The molecule has 0 fully saturated rings.